The SMILES string of the molecule is Br.CCC(=O)O. The summed E-state index contributed by atoms with van der Waals surface area (Å²) < 4.78 is 0. The van der Waals surface area contributed by atoms with Crippen LogP contribution in [0.1, 0.15) is 13.3 Å². The number of aliphatic carboxylic acids is 1. The van der Waals surface area contributed by atoms with Crippen molar-refractivity contribution in [3.05, 3.63) is 0 Å². The minimum absolute atomic E-state index is 0. The van der Waals surface area contributed by atoms with E-state index in [2.05, 4.69) is 0 Å². The van der Waals surface area contributed by atoms with Crippen molar-refractivity contribution in [3.63, 3.8) is 0 Å². The summed E-state index contributed by atoms with van der Waals surface area (Å²) in [6.07, 6.45) is 0.222. The summed E-state index contributed by atoms with van der Waals surface area (Å²) in [7, 11) is 0. The lowest BCUT2D eigenvalue weighted by molar-refractivity contribution is -0.136. The van der Waals surface area contributed by atoms with E-state index in [0.29, 0.717) is 0 Å². The van der Waals surface area contributed by atoms with Crippen LogP contribution in [-0.2, 0) is 4.79 Å². The van der Waals surface area contributed by atoms with Crippen molar-refractivity contribution in [2.24, 2.45) is 0 Å². The molecule has 0 unspecified atom stereocenters. The first kappa shape index (κ1) is 9.34. The Bertz CT molecular complexity index is 44.1. The highest BCUT2D eigenvalue weighted by Crippen LogP contribution is 1.67. The van der Waals surface area contributed by atoms with Gasteiger partial charge in [0.2, 0.25) is 0 Å². The highest BCUT2D eigenvalue weighted by molar-refractivity contribution is 8.93. The van der Waals surface area contributed by atoms with Crippen LogP contribution in [0.5, 0.6) is 0 Å². The summed E-state index contributed by atoms with van der Waals surface area (Å²) in [6, 6.07) is 0. The third-order valence-corrected chi connectivity index (χ3v) is 0.302. The first-order valence-electron chi connectivity index (χ1n) is 1.49. The standard InChI is InChI=1S/C3H6O2.BrH/c1-2-3(4)5;/h2H2,1H3,(H,4,5);1H. The average Bonchev–Trinajstić information content (AvgIpc) is 1.38. The molecule has 0 rings (SSSR count). The average molecular weight is 155 g/mol. The largest absolute Gasteiger partial charge is 0.481 e. The van der Waals surface area contributed by atoms with E-state index in [4.69, 9.17) is 5.11 Å². The smallest absolute Gasteiger partial charge is 0.303 e. The van der Waals surface area contributed by atoms with Gasteiger partial charge in [-0.15, -0.1) is 17.0 Å². The molecule has 1 N–H and O–H groups in total. The summed E-state index contributed by atoms with van der Waals surface area (Å²) >= 11 is 0. The fourth-order valence-electron chi connectivity index (χ4n) is 0. The van der Waals surface area contributed by atoms with Gasteiger partial charge in [-0.25, -0.2) is 0 Å². The topological polar surface area (TPSA) is 37.3 Å². The van der Waals surface area contributed by atoms with Gasteiger partial charge < -0.3 is 5.11 Å². The van der Waals surface area contributed by atoms with Crippen LogP contribution in [0.25, 0.3) is 0 Å². The van der Waals surface area contributed by atoms with Gasteiger partial charge in [0.15, 0.2) is 0 Å². The monoisotopic (exact) mass is 154 g/mol. The molecule has 0 aromatic carbocycles. The van der Waals surface area contributed by atoms with E-state index >= 15 is 0 Å². The Morgan fingerprint density at radius 3 is 2.00 bits per heavy atom. The van der Waals surface area contributed by atoms with Crippen LogP contribution >= 0.6 is 17.0 Å². The Morgan fingerprint density at radius 1 is 1.83 bits per heavy atom. The van der Waals surface area contributed by atoms with Crippen LogP contribution in [-0.4, -0.2) is 11.1 Å². The molecular formula is C3H7BrO2. The van der Waals surface area contributed by atoms with Crippen molar-refractivity contribution in [2.75, 3.05) is 0 Å². The number of hydrogen-bond donors (Lipinski definition) is 1. The van der Waals surface area contributed by atoms with Crippen LogP contribution in [0, 0.1) is 0 Å². The molecule has 0 aromatic rings. The normalized spacial score (nSPS) is 6.17. The van der Waals surface area contributed by atoms with Crippen LogP contribution < -0.4 is 0 Å². The van der Waals surface area contributed by atoms with Gasteiger partial charge in [0.25, 0.3) is 0 Å². The number of rotatable bonds is 1. The number of carboxylic acid groups (broad SMARTS) is 1. The number of carbonyl (C=O) groups is 1. The third-order valence-electron chi connectivity index (χ3n) is 0.302. The zero-order valence-electron chi connectivity index (χ0n) is 3.47. The fraction of sp³-hybridized carbons (Fsp3) is 0.667. The zero-order chi connectivity index (χ0) is 4.28. The molecule has 0 atom stereocenters. The van der Waals surface area contributed by atoms with Gasteiger partial charge in [0.1, 0.15) is 0 Å². The molecule has 38 valence electrons. The quantitative estimate of drug-likeness (QED) is 0.614. The second-order valence-electron chi connectivity index (χ2n) is 0.747. The second kappa shape index (κ2) is 4.95. The van der Waals surface area contributed by atoms with Gasteiger partial charge in [-0.1, -0.05) is 6.92 Å². The van der Waals surface area contributed by atoms with Crippen molar-refractivity contribution in [1.29, 1.82) is 0 Å². The summed E-state index contributed by atoms with van der Waals surface area (Å²) in [5, 5.41) is 7.72. The van der Waals surface area contributed by atoms with Gasteiger partial charge in [0, 0.05) is 6.42 Å². The molecule has 0 aromatic heterocycles. The minimum atomic E-state index is -0.745. The van der Waals surface area contributed by atoms with E-state index in [-0.39, 0.29) is 23.4 Å². The molecule has 0 fully saturated rings. The van der Waals surface area contributed by atoms with Gasteiger partial charge in [-0.3, -0.25) is 4.79 Å². The molecule has 6 heavy (non-hydrogen) atoms. The Morgan fingerprint density at radius 2 is 2.00 bits per heavy atom. The molecule has 2 nitrogen and oxygen atoms in total. The van der Waals surface area contributed by atoms with Gasteiger partial charge in [-0.05, 0) is 0 Å². The summed E-state index contributed by atoms with van der Waals surface area (Å²) in [6.45, 7) is 1.60. The molecular weight excluding hydrogens is 148 g/mol. The Kier molecular flexibility index (Phi) is 7.71. The first-order chi connectivity index (χ1) is 2.27. The molecule has 0 radical (unpaired) electrons. The fourth-order valence-corrected chi connectivity index (χ4v) is 0. The van der Waals surface area contributed by atoms with Crippen LogP contribution in [0.15, 0.2) is 0 Å². The van der Waals surface area contributed by atoms with Crippen LogP contribution in [0.4, 0.5) is 0 Å². The lowest BCUT2D eigenvalue weighted by Crippen LogP contribution is -1.86. The van der Waals surface area contributed by atoms with E-state index < -0.39 is 5.97 Å². The van der Waals surface area contributed by atoms with E-state index in [1.165, 1.54) is 0 Å². The lowest BCUT2D eigenvalue weighted by atomic mass is 10.5. The highest BCUT2D eigenvalue weighted by atomic mass is 79.9. The maximum atomic E-state index is 9.37. The Hall–Kier alpha value is -0.0500. The van der Waals surface area contributed by atoms with E-state index in [1.54, 1.807) is 6.92 Å². The summed E-state index contributed by atoms with van der Waals surface area (Å²) in [5.41, 5.74) is 0. The Balaban J connectivity index is 0. The van der Waals surface area contributed by atoms with E-state index in [9.17, 15) is 4.79 Å². The van der Waals surface area contributed by atoms with Crippen molar-refractivity contribution in [1.82, 2.24) is 0 Å². The van der Waals surface area contributed by atoms with Crippen molar-refractivity contribution >= 4 is 23.0 Å². The number of halogens is 1. The molecule has 0 bridgehead atoms. The van der Waals surface area contributed by atoms with Gasteiger partial charge in [-0.2, -0.15) is 0 Å². The predicted molar refractivity (Wildman–Crippen MR) is 28.2 cm³/mol. The van der Waals surface area contributed by atoms with Crippen molar-refractivity contribution < 1.29 is 9.90 Å². The zero-order valence-corrected chi connectivity index (χ0v) is 5.18. The molecule has 3 heteroatoms. The minimum Gasteiger partial charge on any atom is -0.481 e. The molecule has 0 amide bonds. The lowest BCUT2D eigenvalue weighted by Gasteiger charge is -1.71. The first-order valence-corrected chi connectivity index (χ1v) is 1.49. The van der Waals surface area contributed by atoms with E-state index in [0.717, 1.165) is 0 Å². The van der Waals surface area contributed by atoms with Crippen LogP contribution in [0.3, 0.4) is 0 Å². The van der Waals surface area contributed by atoms with Crippen LogP contribution in [0.2, 0.25) is 0 Å². The predicted octanol–water partition coefficient (Wildman–Crippen LogP) is 1.06. The van der Waals surface area contributed by atoms with Crippen molar-refractivity contribution in [2.45, 2.75) is 13.3 Å². The molecule has 0 aliphatic heterocycles. The second-order valence-corrected chi connectivity index (χ2v) is 0.747. The molecule has 0 heterocycles. The Labute approximate surface area is 46.9 Å². The maximum Gasteiger partial charge on any atom is 0.303 e. The van der Waals surface area contributed by atoms with E-state index in [1.807, 2.05) is 0 Å². The molecule has 0 saturated heterocycles. The van der Waals surface area contributed by atoms with Crippen molar-refractivity contribution in [3.8, 4) is 0 Å². The maximum absolute atomic E-state index is 9.37. The summed E-state index contributed by atoms with van der Waals surface area (Å²) in [4.78, 5) is 9.37. The molecule has 0 aliphatic carbocycles. The molecule has 0 saturated carbocycles. The number of hydrogen-bond acceptors (Lipinski definition) is 1. The van der Waals surface area contributed by atoms with Gasteiger partial charge >= 0.3 is 5.97 Å². The summed E-state index contributed by atoms with van der Waals surface area (Å²) in [5.74, 6) is -0.745. The van der Waals surface area contributed by atoms with Gasteiger partial charge in [0.05, 0.1) is 0 Å². The molecule has 0 spiro atoms. The molecule has 0 aliphatic rings. The number of carboxylic acids is 1. The highest BCUT2D eigenvalue weighted by Gasteiger charge is 1.80. The third kappa shape index (κ3) is 9.04.